The van der Waals surface area contributed by atoms with Crippen molar-refractivity contribution in [3.8, 4) is 0 Å². The van der Waals surface area contributed by atoms with Crippen LogP contribution in [0.25, 0.3) is 0 Å². The van der Waals surface area contributed by atoms with E-state index >= 15 is 0 Å². The third kappa shape index (κ3) is 90.9. The molecule has 7 heteroatoms. The molecule has 0 heterocycles. The quantitative estimate of drug-likeness (QED) is 0.389. The fraction of sp³-hybridized carbons (Fsp3) is 1.00. The maximum absolute atomic E-state index is 0. The summed E-state index contributed by atoms with van der Waals surface area (Å²) in [6.45, 7) is 0. The van der Waals surface area contributed by atoms with Crippen LogP contribution in [0.1, 0.15) is 7.43 Å². The zero-order valence-electron chi connectivity index (χ0n) is 1.12. The van der Waals surface area contributed by atoms with E-state index in [1.807, 2.05) is 0 Å². The maximum Gasteiger partial charge on any atom is 0.0814 e. The standard InChI is InChI=1S/CH4.2BH3.Cr.2Fe.2H4Si/h1H4;2*1H3;;;;2*1H4. The summed E-state index contributed by atoms with van der Waals surface area (Å²) in [5.74, 6) is 0. The molecule has 0 nitrogen and oxygen atoms in total. The Balaban J connectivity index is 0. The Kier molecular flexibility index (Phi) is 3080. The molecule has 0 saturated heterocycles. The minimum atomic E-state index is 0. The molecule has 0 bridgehead atoms. The van der Waals surface area contributed by atoms with Gasteiger partial charge in [0, 0.05) is 51.5 Å². The molecule has 0 rings (SSSR count). The van der Waals surface area contributed by atoms with Crippen molar-refractivity contribution in [2.45, 2.75) is 7.43 Å². The predicted molar refractivity (Wildman–Crippen MR) is 49.3 cm³/mol. The first kappa shape index (κ1) is 186. The normalized spacial score (nSPS) is 0. The minimum Gasteiger partial charge on any atom is -0.0776 e. The van der Waals surface area contributed by atoms with Gasteiger partial charge in [0.05, 0.1) is 16.8 Å². The number of hydrogen-bond donors (Lipinski definition) is 0. The summed E-state index contributed by atoms with van der Waals surface area (Å²) in [7, 11) is 0. The first-order valence-electron chi connectivity index (χ1n) is 0. The third-order valence-electron chi connectivity index (χ3n) is 0. The predicted octanol–water partition coefficient (Wildman–Crippen LogP) is -4.64. The summed E-state index contributed by atoms with van der Waals surface area (Å²) in [6.07, 6.45) is 0. The third-order valence-corrected chi connectivity index (χ3v) is 0. The number of rotatable bonds is 0. The zero-order valence-corrected chi connectivity index (χ0v) is 4.60. The monoisotopic (exact) mass is 272 g/mol. The van der Waals surface area contributed by atoms with Gasteiger partial charge in [-0.2, -0.15) is 0 Å². The molecule has 0 N–H and O–H groups in total. The Morgan fingerprint density at radius 1 is 0.625 bits per heavy atom. The van der Waals surface area contributed by atoms with Crippen molar-refractivity contribution < 1.29 is 51.5 Å². The van der Waals surface area contributed by atoms with Crippen LogP contribution in [0.2, 0.25) is 0 Å². The molecule has 0 radical (unpaired) electrons. The van der Waals surface area contributed by atoms with Crippen molar-refractivity contribution in [2.24, 2.45) is 0 Å². The molecule has 0 aromatic carbocycles. The molecule has 0 aliphatic carbocycles. The topological polar surface area (TPSA) is 0 Å². The van der Waals surface area contributed by atoms with E-state index in [9.17, 15) is 0 Å². The van der Waals surface area contributed by atoms with Crippen molar-refractivity contribution in [3.63, 3.8) is 0 Å². The molecule has 0 aromatic heterocycles. The van der Waals surface area contributed by atoms with Gasteiger partial charge in [0.1, 0.15) is 0 Å². The minimum absolute atomic E-state index is 0. The van der Waals surface area contributed by atoms with Crippen LogP contribution >= 0.6 is 0 Å². The van der Waals surface area contributed by atoms with E-state index in [0.29, 0.717) is 0 Å². The van der Waals surface area contributed by atoms with Gasteiger partial charge in [-0.1, -0.05) is 7.43 Å². The first-order chi connectivity index (χ1) is 0. The number of hydrogen-bond acceptors (Lipinski definition) is 0. The summed E-state index contributed by atoms with van der Waals surface area (Å²) < 4.78 is 0. The van der Waals surface area contributed by atoms with Gasteiger partial charge in [0.15, 0.2) is 0 Å². The second kappa shape index (κ2) is 133. The van der Waals surface area contributed by atoms with E-state index in [-0.39, 0.29) is 97.7 Å². The Morgan fingerprint density at radius 3 is 0.625 bits per heavy atom. The summed E-state index contributed by atoms with van der Waals surface area (Å²) in [4.78, 5) is 0. The molecule has 0 atom stereocenters. The average Bonchev–Trinajstić information content (AvgIpc) is 0. The van der Waals surface area contributed by atoms with Crippen LogP contribution in [0.5, 0.6) is 0 Å². The molecular weight excluding hydrogens is 253 g/mol. The van der Waals surface area contributed by atoms with E-state index in [1.165, 1.54) is 0 Å². The van der Waals surface area contributed by atoms with Gasteiger partial charge < -0.3 is 0 Å². The summed E-state index contributed by atoms with van der Waals surface area (Å²) in [5.41, 5.74) is 0. The first-order valence-corrected chi connectivity index (χ1v) is 0. The van der Waals surface area contributed by atoms with E-state index in [4.69, 9.17) is 0 Å². The Bertz CT molecular complexity index is 18.0. The zero-order chi connectivity index (χ0) is 0. The second-order valence-corrected chi connectivity index (χ2v) is 0. The smallest absolute Gasteiger partial charge is 0.0776 e. The second-order valence-electron chi connectivity index (χ2n) is 0. The van der Waals surface area contributed by atoms with Gasteiger partial charge in [-0.15, -0.1) is 0 Å². The van der Waals surface area contributed by atoms with Crippen molar-refractivity contribution in [2.75, 3.05) is 0 Å². The SMILES string of the molecule is B.B.C.[Cr].[Fe].[Fe].[SiH4].[SiH4]. The summed E-state index contributed by atoms with van der Waals surface area (Å²) in [5, 5.41) is 0. The van der Waals surface area contributed by atoms with Crippen LogP contribution in [-0.2, 0) is 51.5 Å². The molecular formula is CH18B2CrFe2Si2. The van der Waals surface area contributed by atoms with Crippen LogP contribution < -0.4 is 0 Å². The molecule has 0 aliphatic rings. The fourth-order valence-electron chi connectivity index (χ4n) is 0. The molecule has 0 amide bonds. The molecule has 0 saturated carbocycles. The van der Waals surface area contributed by atoms with Crippen LogP contribution in [0.3, 0.4) is 0 Å². The van der Waals surface area contributed by atoms with Crippen LogP contribution in [0.15, 0.2) is 0 Å². The van der Waals surface area contributed by atoms with Gasteiger partial charge in [-0.3, -0.25) is 0 Å². The van der Waals surface area contributed by atoms with Crippen LogP contribution in [-0.4, -0.2) is 38.8 Å². The fourth-order valence-corrected chi connectivity index (χ4v) is 0. The molecule has 8 heavy (non-hydrogen) atoms. The van der Waals surface area contributed by atoms with E-state index in [1.54, 1.807) is 0 Å². The summed E-state index contributed by atoms with van der Waals surface area (Å²) in [6, 6.07) is 0. The van der Waals surface area contributed by atoms with Crippen molar-refractivity contribution in [1.29, 1.82) is 0 Å². The van der Waals surface area contributed by atoms with Gasteiger partial charge >= 0.3 is 0 Å². The largest absolute Gasteiger partial charge is 0.0814 e. The van der Waals surface area contributed by atoms with Crippen LogP contribution in [0, 0.1) is 0 Å². The van der Waals surface area contributed by atoms with Crippen molar-refractivity contribution in [1.82, 2.24) is 0 Å². The van der Waals surface area contributed by atoms with Crippen molar-refractivity contribution in [3.05, 3.63) is 0 Å². The van der Waals surface area contributed by atoms with Gasteiger partial charge in [0.25, 0.3) is 0 Å². The van der Waals surface area contributed by atoms with E-state index < -0.39 is 0 Å². The van der Waals surface area contributed by atoms with Gasteiger partial charge in [0.2, 0.25) is 0 Å². The van der Waals surface area contributed by atoms with Gasteiger partial charge in [-0.05, 0) is 21.9 Å². The Hall–Kier alpha value is 2.14. The molecule has 58 valence electrons. The molecule has 0 fully saturated rings. The van der Waals surface area contributed by atoms with E-state index in [2.05, 4.69) is 0 Å². The molecule has 0 unspecified atom stereocenters. The molecule has 0 spiro atoms. The molecule has 0 aliphatic heterocycles. The Morgan fingerprint density at radius 2 is 0.625 bits per heavy atom. The molecule has 0 aromatic rings. The Labute approximate surface area is 97.0 Å². The van der Waals surface area contributed by atoms with Gasteiger partial charge in [-0.25, -0.2) is 0 Å². The van der Waals surface area contributed by atoms with Crippen LogP contribution in [0.4, 0.5) is 0 Å². The summed E-state index contributed by atoms with van der Waals surface area (Å²) >= 11 is 0. The van der Waals surface area contributed by atoms with Crippen molar-refractivity contribution >= 4 is 38.8 Å². The average molecular weight is 272 g/mol. The maximum atomic E-state index is 0. The van der Waals surface area contributed by atoms with E-state index in [0.717, 1.165) is 0 Å².